The maximum absolute atomic E-state index is 6.78. The van der Waals surface area contributed by atoms with Crippen LogP contribution in [0.3, 0.4) is 0 Å². The molecule has 0 spiro atoms. The highest BCUT2D eigenvalue weighted by molar-refractivity contribution is 7.25. The average molecular weight is 720 g/mol. The second-order valence-corrected chi connectivity index (χ2v) is 15.1. The van der Waals surface area contributed by atoms with Crippen molar-refractivity contribution in [3.8, 4) is 33.4 Å². The van der Waals surface area contributed by atoms with E-state index in [1.807, 2.05) is 17.4 Å². The molecule has 2 nitrogen and oxygen atoms in total. The number of thiophene rings is 1. The first kappa shape index (κ1) is 31.6. The van der Waals surface area contributed by atoms with Crippen LogP contribution in [0.4, 0.5) is 17.1 Å². The standard InChI is InChI=1S/C52H33NOS/c1-3-15-34(16-4-1)37-31-32-46(40-20-8-7-19-39(37)40)53(47-25-13-24-43-41-21-9-11-26-48(41)54-52(43)47)36-29-30-38(35-17-5-2-6-18-35)45(33-36)42-23-14-28-50-51(42)44-22-10-12-27-49(44)55-50/h1-33H. The van der Waals surface area contributed by atoms with E-state index in [1.54, 1.807) is 0 Å². The van der Waals surface area contributed by atoms with Gasteiger partial charge < -0.3 is 9.32 Å². The predicted octanol–water partition coefficient (Wildman–Crippen LogP) is 15.6. The molecule has 9 aromatic carbocycles. The van der Waals surface area contributed by atoms with Crippen LogP contribution in [0, 0.1) is 0 Å². The summed E-state index contributed by atoms with van der Waals surface area (Å²) in [4.78, 5) is 2.41. The molecule has 2 heterocycles. The molecule has 0 aliphatic rings. The molecule has 258 valence electrons. The molecule has 0 saturated carbocycles. The highest BCUT2D eigenvalue weighted by atomic mass is 32.1. The minimum Gasteiger partial charge on any atom is -0.454 e. The van der Waals surface area contributed by atoms with Crippen LogP contribution in [0.2, 0.25) is 0 Å². The van der Waals surface area contributed by atoms with Crippen molar-refractivity contribution in [2.75, 3.05) is 4.90 Å². The van der Waals surface area contributed by atoms with Crippen LogP contribution in [0.15, 0.2) is 205 Å². The first-order chi connectivity index (χ1) is 27.3. The molecule has 3 heteroatoms. The van der Waals surface area contributed by atoms with Crippen molar-refractivity contribution in [3.05, 3.63) is 200 Å². The molecule has 11 rings (SSSR count). The SMILES string of the molecule is c1ccc(-c2ccc(N(c3ccc(-c4ccccc4)c4ccccc34)c3cccc4c3oc3ccccc34)cc2-c2cccc3sc4ccccc4c23)cc1. The van der Waals surface area contributed by atoms with Crippen molar-refractivity contribution in [2.24, 2.45) is 0 Å². The summed E-state index contributed by atoms with van der Waals surface area (Å²) in [6, 6.07) is 72.2. The number of anilines is 3. The number of nitrogens with zero attached hydrogens (tertiary/aromatic N) is 1. The monoisotopic (exact) mass is 719 g/mol. The van der Waals surface area contributed by atoms with Gasteiger partial charge in [0.15, 0.2) is 5.58 Å². The number of para-hydroxylation sites is 2. The number of benzene rings is 9. The number of fused-ring (bicyclic) bond motifs is 7. The zero-order valence-corrected chi connectivity index (χ0v) is 30.6. The van der Waals surface area contributed by atoms with Gasteiger partial charge in [0.2, 0.25) is 0 Å². The first-order valence-corrected chi connectivity index (χ1v) is 19.5. The van der Waals surface area contributed by atoms with Gasteiger partial charge in [0.05, 0.1) is 11.4 Å². The maximum Gasteiger partial charge on any atom is 0.159 e. The van der Waals surface area contributed by atoms with Gasteiger partial charge in [0.1, 0.15) is 5.58 Å². The van der Waals surface area contributed by atoms with Gasteiger partial charge in [-0.3, -0.25) is 0 Å². The fourth-order valence-electron chi connectivity index (χ4n) is 8.43. The fourth-order valence-corrected chi connectivity index (χ4v) is 9.56. The highest BCUT2D eigenvalue weighted by Gasteiger charge is 2.24. The zero-order chi connectivity index (χ0) is 36.3. The maximum atomic E-state index is 6.78. The van der Waals surface area contributed by atoms with E-state index in [4.69, 9.17) is 4.42 Å². The lowest BCUT2D eigenvalue weighted by molar-refractivity contribution is 0.669. The van der Waals surface area contributed by atoms with Crippen LogP contribution < -0.4 is 4.90 Å². The lowest BCUT2D eigenvalue weighted by Crippen LogP contribution is -2.11. The van der Waals surface area contributed by atoms with E-state index in [1.165, 1.54) is 58.9 Å². The van der Waals surface area contributed by atoms with Crippen molar-refractivity contribution in [2.45, 2.75) is 0 Å². The first-order valence-electron chi connectivity index (χ1n) is 18.7. The Hall–Kier alpha value is -6.94. The molecular formula is C52H33NOS. The van der Waals surface area contributed by atoms with Crippen LogP contribution in [0.5, 0.6) is 0 Å². The summed E-state index contributed by atoms with van der Waals surface area (Å²) in [5.41, 5.74) is 12.1. The van der Waals surface area contributed by atoms with Crippen LogP contribution in [-0.4, -0.2) is 0 Å². The van der Waals surface area contributed by atoms with Gasteiger partial charge in [0.25, 0.3) is 0 Å². The molecule has 11 aromatic rings. The summed E-state index contributed by atoms with van der Waals surface area (Å²) >= 11 is 1.86. The topological polar surface area (TPSA) is 16.4 Å². The quantitative estimate of drug-likeness (QED) is 0.170. The summed E-state index contributed by atoms with van der Waals surface area (Å²) in [5.74, 6) is 0. The van der Waals surface area contributed by atoms with E-state index in [9.17, 15) is 0 Å². The van der Waals surface area contributed by atoms with Crippen molar-refractivity contribution in [1.82, 2.24) is 0 Å². The van der Waals surface area contributed by atoms with Gasteiger partial charge in [0, 0.05) is 42.0 Å². The lowest BCUT2D eigenvalue weighted by Gasteiger charge is -2.28. The largest absolute Gasteiger partial charge is 0.454 e. The van der Waals surface area contributed by atoms with E-state index < -0.39 is 0 Å². The third kappa shape index (κ3) is 5.16. The second-order valence-electron chi connectivity index (χ2n) is 14.0. The summed E-state index contributed by atoms with van der Waals surface area (Å²) < 4.78 is 9.36. The van der Waals surface area contributed by atoms with Gasteiger partial charge >= 0.3 is 0 Å². The van der Waals surface area contributed by atoms with Crippen LogP contribution in [0.25, 0.3) is 86.3 Å². The highest BCUT2D eigenvalue weighted by Crippen LogP contribution is 2.49. The average Bonchev–Trinajstić information content (AvgIpc) is 3.84. The molecule has 0 unspecified atom stereocenters. The Morgan fingerprint density at radius 2 is 0.982 bits per heavy atom. The van der Waals surface area contributed by atoms with Gasteiger partial charge in [-0.05, 0) is 81.2 Å². The van der Waals surface area contributed by atoms with Crippen LogP contribution in [0.1, 0.15) is 0 Å². The summed E-state index contributed by atoms with van der Waals surface area (Å²) in [6.45, 7) is 0. The Bertz CT molecular complexity index is 3210. The predicted molar refractivity (Wildman–Crippen MR) is 235 cm³/mol. The fraction of sp³-hybridized carbons (Fsp3) is 0. The molecule has 2 aromatic heterocycles. The minimum absolute atomic E-state index is 0.861. The summed E-state index contributed by atoms with van der Waals surface area (Å²) in [7, 11) is 0. The minimum atomic E-state index is 0.861. The van der Waals surface area contributed by atoms with Crippen LogP contribution in [-0.2, 0) is 0 Å². The molecule has 0 aliphatic carbocycles. The molecule has 0 radical (unpaired) electrons. The molecule has 0 atom stereocenters. The Kier molecular flexibility index (Phi) is 7.39. The number of hydrogen-bond acceptors (Lipinski definition) is 3. The van der Waals surface area contributed by atoms with Crippen LogP contribution >= 0.6 is 11.3 Å². The molecular weight excluding hydrogens is 687 g/mol. The summed E-state index contributed by atoms with van der Waals surface area (Å²) in [6.07, 6.45) is 0. The van der Waals surface area contributed by atoms with Gasteiger partial charge in [-0.2, -0.15) is 0 Å². The normalized spacial score (nSPS) is 11.6. The lowest BCUT2D eigenvalue weighted by atomic mass is 9.91. The number of furan rings is 1. The van der Waals surface area contributed by atoms with Crippen molar-refractivity contribution < 1.29 is 4.42 Å². The zero-order valence-electron chi connectivity index (χ0n) is 29.8. The van der Waals surface area contributed by atoms with Crippen molar-refractivity contribution in [1.29, 1.82) is 0 Å². The molecule has 0 aliphatic heterocycles. The Labute approximate surface area is 322 Å². The second kappa shape index (κ2) is 12.9. The third-order valence-corrected chi connectivity index (χ3v) is 12.0. The molecule has 0 fully saturated rings. The Morgan fingerprint density at radius 1 is 0.364 bits per heavy atom. The Balaban J connectivity index is 1.23. The third-order valence-electron chi connectivity index (χ3n) is 10.9. The Morgan fingerprint density at radius 3 is 1.80 bits per heavy atom. The van der Waals surface area contributed by atoms with Gasteiger partial charge in [-0.25, -0.2) is 0 Å². The van der Waals surface area contributed by atoms with E-state index in [-0.39, 0.29) is 0 Å². The molecule has 0 N–H and O–H groups in total. The van der Waals surface area contributed by atoms with Crippen molar-refractivity contribution >= 4 is 81.3 Å². The van der Waals surface area contributed by atoms with E-state index in [2.05, 4.69) is 199 Å². The molecule has 0 amide bonds. The smallest absolute Gasteiger partial charge is 0.159 e. The van der Waals surface area contributed by atoms with E-state index in [0.29, 0.717) is 0 Å². The number of rotatable bonds is 6. The van der Waals surface area contributed by atoms with E-state index in [0.717, 1.165) is 44.4 Å². The number of hydrogen-bond donors (Lipinski definition) is 0. The van der Waals surface area contributed by atoms with Crippen molar-refractivity contribution in [3.63, 3.8) is 0 Å². The van der Waals surface area contributed by atoms with Gasteiger partial charge in [-0.15, -0.1) is 11.3 Å². The molecule has 0 saturated heterocycles. The molecule has 0 bridgehead atoms. The summed E-state index contributed by atoms with van der Waals surface area (Å²) in [5, 5.41) is 7.15. The van der Waals surface area contributed by atoms with Gasteiger partial charge in [-0.1, -0.05) is 158 Å². The van der Waals surface area contributed by atoms with E-state index >= 15 is 0 Å². The molecule has 55 heavy (non-hydrogen) atoms.